The van der Waals surface area contributed by atoms with Crippen molar-refractivity contribution in [2.75, 3.05) is 7.11 Å². The van der Waals surface area contributed by atoms with Crippen LogP contribution in [0.2, 0.25) is 0 Å². The normalized spacial score (nSPS) is 11.4. The van der Waals surface area contributed by atoms with Crippen molar-refractivity contribution in [3.63, 3.8) is 0 Å². The lowest BCUT2D eigenvalue weighted by molar-refractivity contribution is -2.00. The van der Waals surface area contributed by atoms with E-state index < -0.39 is 15.9 Å². The molecule has 3 aromatic carbocycles. The Kier molecular flexibility index (Phi) is 5.79. The van der Waals surface area contributed by atoms with Gasteiger partial charge in [0.25, 0.3) is 0 Å². The summed E-state index contributed by atoms with van der Waals surface area (Å²) in [5, 5.41) is 3.90. The third-order valence-corrected chi connectivity index (χ3v) is 4.76. The SMILES string of the molecule is COc1ccc2[o+]c(-c3cc4c(ccc5ccccc54)oc3=O)ccc2c1.[O-][Cl+3]([O-])([O-])[O-]. The molecule has 0 aliphatic carbocycles. The maximum atomic E-state index is 12.6. The van der Waals surface area contributed by atoms with E-state index >= 15 is 0 Å². The van der Waals surface area contributed by atoms with Crippen molar-refractivity contribution >= 4 is 32.7 Å². The summed E-state index contributed by atoms with van der Waals surface area (Å²) in [6, 6.07) is 22.9. The molecule has 0 amide bonds. The highest BCUT2D eigenvalue weighted by Crippen LogP contribution is 2.30. The Morgan fingerprint density at radius 3 is 2.31 bits per heavy atom. The zero-order valence-electron chi connectivity index (χ0n) is 16.6. The van der Waals surface area contributed by atoms with Crippen LogP contribution in [0.15, 0.2) is 86.4 Å². The van der Waals surface area contributed by atoms with E-state index in [2.05, 4.69) is 0 Å². The molecule has 5 rings (SSSR count). The van der Waals surface area contributed by atoms with Gasteiger partial charge >= 0.3 is 17.0 Å². The van der Waals surface area contributed by atoms with Gasteiger partial charge in [0.05, 0.1) is 12.5 Å². The van der Waals surface area contributed by atoms with E-state index in [1.54, 1.807) is 13.2 Å². The molecule has 2 heterocycles. The highest BCUT2D eigenvalue weighted by Gasteiger charge is 2.20. The molecule has 0 unspecified atom stereocenters. The number of benzene rings is 3. The van der Waals surface area contributed by atoms with E-state index in [1.807, 2.05) is 66.7 Å². The molecular formula is C23H15ClO8. The van der Waals surface area contributed by atoms with E-state index in [0.717, 1.165) is 27.3 Å². The van der Waals surface area contributed by atoms with Crippen LogP contribution in [-0.2, 0) is 0 Å². The summed E-state index contributed by atoms with van der Waals surface area (Å²) in [7, 11) is -3.32. The van der Waals surface area contributed by atoms with E-state index in [0.29, 0.717) is 22.5 Å². The third kappa shape index (κ3) is 4.70. The Bertz CT molecular complexity index is 1480. The van der Waals surface area contributed by atoms with Crippen molar-refractivity contribution in [2.24, 2.45) is 0 Å². The molecule has 162 valence electrons. The summed E-state index contributed by atoms with van der Waals surface area (Å²) in [6.07, 6.45) is 0. The predicted molar refractivity (Wildman–Crippen MR) is 106 cm³/mol. The number of hydrogen-bond acceptors (Lipinski definition) is 7. The molecule has 2 aromatic heterocycles. The van der Waals surface area contributed by atoms with Crippen molar-refractivity contribution in [1.29, 1.82) is 0 Å². The average molecular weight is 455 g/mol. The molecule has 0 saturated carbocycles. The molecule has 32 heavy (non-hydrogen) atoms. The van der Waals surface area contributed by atoms with Gasteiger partial charge in [-0.25, -0.2) is 27.8 Å². The Balaban J connectivity index is 0.000000444. The minimum Gasteiger partial charge on any atom is -0.497 e. The smallest absolute Gasteiger partial charge is 0.368 e. The minimum atomic E-state index is -4.94. The minimum absolute atomic E-state index is 0.400. The first-order valence-electron chi connectivity index (χ1n) is 9.21. The second kappa shape index (κ2) is 8.54. The highest BCUT2D eigenvalue weighted by molar-refractivity contribution is 6.06. The predicted octanol–water partition coefficient (Wildman–Crippen LogP) is 0.893. The van der Waals surface area contributed by atoms with E-state index in [1.165, 1.54) is 0 Å². The zero-order chi connectivity index (χ0) is 22.9. The van der Waals surface area contributed by atoms with Gasteiger partial charge in [0.15, 0.2) is 5.56 Å². The molecule has 0 aliphatic rings. The Labute approximate surface area is 182 Å². The molecule has 0 fully saturated rings. The van der Waals surface area contributed by atoms with Gasteiger partial charge in [-0.1, -0.05) is 30.3 Å². The lowest BCUT2D eigenvalue weighted by Crippen LogP contribution is -2.68. The molecule has 0 spiro atoms. The van der Waals surface area contributed by atoms with Crippen LogP contribution >= 0.6 is 0 Å². The van der Waals surface area contributed by atoms with Crippen molar-refractivity contribution in [3.8, 4) is 17.1 Å². The number of hydrogen-bond donors (Lipinski definition) is 0. The first kappa shape index (κ1) is 21.7. The average Bonchev–Trinajstić information content (AvgIpc) is 2.76. The summed E-state index contributed by atoms with van der Waals surface area (Å²) in [5.74, 6) is 1.22. The van der Waals surface area contributed by atoms with E-state index in [9.17, 15) is 4.79 Å². The van der Waals surface area contributed by atoms with Gasteiger partial charge < -0.3 is 9.15 Å². The maximum Gasteiger partial charge on any atom is 0.368 e. The monoisotopic (exact) mass is 454 g/mol. The summed E-state index contributed by atoms with van der Waals surface area (Å²) in [5.41, 5.74) is 1.21. The Morgan fingerprint density at radius 1 is 0.844 bits per heavy atom. The molecule has 0 atom stereocenters. The molecule has 0 radical (unpaired) electrons. The van der Waals surface area contributed by atoms with Gasteiger partial charge in [0.2, 0.25) is 0 Å². The summed E-state index contributed by atoms with van der Waals surface area (Å²) in [4.78, 5) is 12.6. The van der Waals surface area contributed by atoms with Crippen LogP contribution < -0.4 is 29.0 Å². The molecular weight excluding hydrogens is 440 g/mol. The second-order valence-electron chi connectivity index (χ2n) is 6.73. The molecule has 9 heteroatoms. The van der Waals surface area contributed by atoms with Crippen LogP contribution in [0.4, 0.5) is 0 Å². The van der Waals surface area contributed by atoms with Crippen molar-refractivity contribution < 1.29 is 42.5 Å². The van der Waals surface area contributed by atoms with E-state index in [4.69, 9.17) is 32.2 Å². The highest BCUT2D eigenvalue weighted by atomic mass is 35.7. The van der Waals surface area contributed by atoms with Crippen LogP contribution in [0.25, 0.3) is 44.0 Å². The van der Waals surface area contributed by atoms with Crippen LogP contribution in [0.3, 0.4) is 0 Å². The summed E-state index contributed by atoms with van der Waals surface area (Å²) >= 11 is 0. The fraction of sp³-hybridized carbons (Fsp3) is 0.0435. The van der Waals surface area contributed by atoms with Gasteiger partial charge in [0, 0.05) is 17.5 Å². The Hall–Kier alpha value is -3.53. The van der Waals surface area contributed by atoms with Crippen molar-refractivity contribution in [2.45, 2.75) is 0 Å². The molecule has 0 saturated heterocycles. The molecule has 5 aromatic rings. The number of rotatable bonds is 2. The number of ether oxygens (including phenoxy) is 1. The standard InChI is InChI=1S/C23H15O4.ClHO4/c1-25-16-8-11-20-15(12-16)7-10-22(26-20)19-13-18-17-5-3-2-4-14(17)6-9-21(18)27-23(19)24;2-1(3,4)5/h2-13H,1H3;(H,2,3,4,5)/q+1;/p-1. The van der Waals surface area contributed by atoms with Gasteiger partial charge in [-0.15, -0.1) is 10.2 Å². The first-order chi connectivity index (χ1) is 15.2. The number of fused-ring (bicyclic) bond motifs is 4. The van der Waals surface area contributed by atoms with Crippen LogP contribution in [0, 0.1) is 10.2 Å². The van der Waals surface area contributed by atoms with Gasteiger partial charge in [0.1, 0.15) is 11.3 Å². The van der Waals surface area contributed by atoms with Crippen molar-refractivity contribution in [1.82, 2.24) is 0 Å². The maximum absolute atomic E-state index is 12.6. The third-order valence-electron chi connectivity index (χ3n) is 4.76. The zero-order valence-corrected chi connectivity index (χ0v) is 17.3. The number of methoxy groups -OCH3 is 1. The number of halogens is 1. The van der Waals surface area contributed by atoms with Crippen LogP contribution in [0.5, 0.6) is 5.75 Å². The lowest BCUT2D eigenvalue weighted by atomic mass is 10.0. The largest absolute Gasteiger partial charge is 0.497 e. The molecule has 0 N–H and O–H groups in total. The van der Waals surface area contributed by atoms with Gasteiger partial charge in [-0.2, -0.15) is 0 Å². The first-order valence-corrected chi connectivity index (χ1v) is 10.4. The van der Waals surface area contributed by atoms with Crippen LogP contribution in [-0.4, -0.2) is 7.11 Å². The molecule has 0 bridgehead atoms. The fourth-order valence-corrected chi connectivity index (χ4v) is 3.38. The van der Waals surface area contributed by atoms with Gasteiger partial charge in [-0.3, -0.25) is 0 Å². The Morgan fingerprint density at radius 2 is 1.56 bits per heavy atom. The summed E-state index contributed by atoms with van der Waals surface area (Å²) < 4.78 is 50.8. The summed E-state index contributed by atoms with van der Waals surface area (Å²) in [6.45, 7) is 0. The van der Waals surface area contributed by atoms with E-state index in [-0.39, 0.29) is 0 Å². The quantitative estimate of drug-likeness (QED) is 0.217. The van der Waals surface area contributed by atoms with Crippen LogP contribution in [0.1, 0.15) is 0 Å². The molecule has 8 nitrogen and oxygen atoms in total. The second-order valence-corrected chi connectivity index (χ2v) is 7.48. The topological polar surface area (TPSA) is 143 Å². The van der Waals surface area contributed by atoms with Crippen molar-refractivity contribution in [3.05, 3.63) is 83.2 Å². The fourth-order valence-electron chi connectivity index (χ4n) is 3.38. The lowest BCUT2D eigenvalue weighted by Gasteiger charge is -2.17. The molecule has 0 aliphatic heterocycles. The van der Waals surface area contributed by atoms with Gasteiger partial charge in [-0.05, 0) is 41.1 Å².